The van der Waals surface area contributed by atoms with Gasteiger partial charge in [0.1, 0.15) is 0 Å². The summed E-state index contributed by atoms with van der Waals surface area (Å²) >= 11 is 1.83. The third-order valence-electron chi connectivity index (χ3n) is 3.16. The van der Waals surface area contributed by atoms with Crippen LogP contribution in [-0.2, 0) is 6.54 Å². The third-order valence-corrected chi connectivity index (χ3v) is 4.19. The molecule has 2 rings (SSSR count). The van der Waals surface area contributed by atoms with Crippen LogP contribution >= 0.6 is 11.3 Å². The largest absolute Gasteiger partial charge is 0.310 e. The van der Waals surface area contributed by atoms with E-state index in [1.54, 1.807) is 0 Å². The van der Waals surface area contributed by atoms with E-state index in [9.17, 15) is 0 Å². The molecule has 1 nitrogen and oxygen atoms in total. The fourth-order valence-electron chi connectivity index (χ4n) is 1.84. The summed E-state index contributed by atoms with van der Waals surface area (Å²) in [5, 5.41) is 5.70. The van der Waals surface area contributed by atoms with Gasteiger partial charge < -0.3 is 5.32 Å². The lowest BCUT2D eigenvalue weighted by Crippen LogP contribution is -2.21. The molecule has 0 saturated heterocycles. The van der Waals surface area contributed by atoms with Crippen molar-refractivity contribution in [2.24, 2.45) is 0 Å². The number of hydrogen-bond donors (Lipinski definition) is 1. The summed E-state index contributed by atoms with van der Waals surface area (Å²) in [5.41, 5.74) is 5.43. The monoisotopic (exact) mass is 259 g/mol. The van der Waals surface area contributed by atoms with Crippen molar-refractivity contribution < 1.29 is 0 Å². The van der Waals surface area contributed by atoms with E-state index in [2.05, 4.69) is 62.7 Å². The lowest BCUT2D eigenvalue weighted by Gasteiger charge is -2.05. The van der Waals surface area contributed by atoms with E-state index in [0.717, 1.165) is 6.54 Å². The number of rotatable bonds is 4. The zero-order chi connectivity index (χ0) is 13.1. The van der Waals surface area contributed by atoms with Crippen LogP contribution in [0.2, 0.25) is 0 Å². The highest BCUT2D eigenvalue weighted by atomic mass is 32.1. The van der Waals surface area contributed by atoms with Crippen LogP contribution in [-0.4, -0.2) is 6.04 Å². The van der Waals surface area contributed by atoms with Gasteiger partial charge in [-0.05, 0) is 47.5 Å². The molecule has 0 aliphatic rings. The van der Waals surface area contributed by atoms with Crippen LogP contribution in [0, 0.1) is 13.8 Å². The number of benzene rings is 1. The molecule has 0 amide bonds. The van der Waals surface area contributed by atoms with Gasteiger partial charge in [0.05, 0.1) is 0 Å². The summed E-state index contributed by atoms with van der Waals surface area (Å²) in [6.07, 6.45) is 0. The van der Waals surface area contributed by atoms with Gasteiger partial charge in [0, 0.05) is 17.5 Å². The normalized spacial score (nSPS) is 11.2. The second-order valence-electron chi connectivity index (χ2n) is 5.15. The maximum absolute atomic E-state index is 3.45. The maximum Gasteiger partial charge on any atom is 0.0346 e. The maximum atomic E-state index is 3.45. The first kappa shape index (κ1) is 13.3. The molecule has 0 aliphatic carbocycles. The molecule has 1 aromatic heterocycles. The summed E-state index contributed by atoms with van der Waals surface area (Å²) in [7, 11) is 0. The summed E-state index contributed by atoms with van der Waals surface area (Å²) in [4.78, 5) is 1.36. The molecule has 2 aromatic rings. The molecule has 0 fully saturated rings. The predicted molar refractivity (Wildman–Crippen MR) is 81.2 cm³/mol. The van der Waals surface area contributed by atoms with Crippen LogP contribution in [0.5, 0.6) is 0 Å². The lowest BCUT2D eigenvalue weighted by atomic mass is 10.1. The summed E-state index contributed by atoms with van der Waals surface area (Å²) in [6, 6.07) is 9.53. The smallest absolute Gasteiger partial charge is 0.0346 e. The Bertz CT molecular complexity index is 526. The second-order valence-corrected chi connectivity index (χ2v) is 6.07. The molecule has 0 aliphatic heterocycles. The molecule has 1 heterocycles. The zero-order valence-corrected chi connectivity index (χ0v) is 12.4. The van der Waals surface area contributed by atoms with Gasteiger partial charge in [-0.25, -0.2) is 0 Å². The first-order chi connectivity index (χ1) is 8.56. The van der Waals surface area contributed by atoms with Gasteiger partial charge in [0.15, 0.2) is 0 Å². The molecule has 0 radical (unpaired) electrons. The van der Waals surface area contributed by atoms with Gasteiger partial charge in [-0.2, -0.15) is 0 Å². The molecular formula is C16H21NS. The van der Waals surface area contributed by atoms with Crippen LogP contribution in [0.3, 0.4) is 0 Å². The fraction of sp³-hybridized carbons (Fsp3) is 0.375. The van der Waals surface area contributed by atoms with Gasteiger partial charge in [-0.15, -0.1) is 11.3 Å². The van der Waals surface area contributed by atoms with Crippen molar-refractivity contribution >= 4 is 11.3 Å². The van der Waals surface area contributed by atoms with Gasteiger partial charge in [0.25, 0.3) is 0 Å². The minimum atomic E-state index is 0.537. The molecule has 96 valence electrons. The minimum Gasteiger partial charge on any atom is -0.310 e. The van der Waals surface area contributed by atoms with Gasteiger partial charge in [-0.3, -0.25) is 0 Å². The Morgan fingerprint density at radius 2 is 1.89 bits per heavy atom. The van der Waals surface area contributed by atoms with E-state index < -0.39 is 0 Å². The molecule has 0 bridgehead atoms. The van der Waals surface area contributed by atoms with Gasteiger partial charge in [-0.1, -0.05) is 32.0 Å². The lowest BCUT2D eigenvalue weighted by molar-refractivity contribution is 0.590. The first-order valence-electron chi connectivity index (χ1n) is 6.44. The molecule has 1 N–H and O–H groups in total. The van der Waals surface area contributed by atoms with E-state index in [1.807, 2.05) is 11.3 Å². The molecule has 0 saturated carbocycles. The molecule has 18 heavy (non-hydrogen) atoms. The predicted octanol–water partition coefficient (Wildman–Crippen LogP) is 4.53. The Kier molecular flexibility index (Phi) is 4.20. The highest BCUT2D eigenvalue weighted by Crippen LogP contribution is 2.28. The Morgan fingerprint density at radius 1 is 1.11 bits per heavy atom. The van der Waals surface area contributed by atoms with Crippen LogP contribution in [0.25, 0.3) is 10.4 Å². The quantitative estimate of drug-likeness (QED) is 0.850. The fourth-order valence-corrected chi connectivity index (χ4v) is 2.75. The number of hydrogen-bond acceptors (Lipinski definition) is 2. The van der Waals surface area contributed by atoms with Crippen molar-refractivity contribution in [3.63, 3.8) is 0 Å². The number of thiophene rings is 1. The topological polar surface area (TPSA) is 12.0 Å². The van der Waals surface area contributed by atoms with Crippen molar-refractivity contribution in [2.75, 3.05) is 0 Å². The van der Waals surface area contributed by atoms with Crippen molar-refractivity contribution in [2.45, 2.75) is 40.3 Å². The Hall–Kier alpha value is -1.12. The number of nitrogens with one attached hydrogen (secondary N) is 1. The van der Waals surface area contributed by atoms with E-state index in [0.29, 0.717) is 6.04 Å². The van der Waals surface area contributed by atoms with Crippen LogP contribution in [0.4, 0.5) is 0 Å². The Labute approximate surface area is 114 Å². The van der Waals surface area contributed by atoms with Crippen molar-refractivity contribution in [3.8, 4) is 10.4 Å². The van der Waals surface area contributed by atoms with Crippen molar-refractivity contribution in [1.29, 1.82) is 0 Å². The summed E-state index contributed by atoms with van der Waals surface area (Å²) < 4.78 is 0. The van der Waals surface area contributed by atoms with E-state index in [1.165, 1.54) is 27.1 Å². The molecule has 0 unspecified atom stereocenters. The number of aryl methyl sites for hydroxylation is 2. The standard InChI is InChI=1S/C16H21NS/c1-11(2)17-9-14-8-16(18-10-14)15-6-5-12(3)13(4)7-15/h5-8,10-11,17H,9H2,1-4H3. The minimum absolute atomic E-state index is 0.537. The van der Waals surface area contributed by atoms with Crippen LogP contribution < -0.4 is 5.32 Å². The Balaban J connectivity index is 2.16. The molecule has 2 heteroatoms. The van der Waals surface area contributed by atoms with Gasteiger partial charge >= 0.3 is 0 Å². The average molecular weight is 259 g/mol. The SMILES string of the molecule is Cc1ccc(-c2cc(CNC(C)C)cs2)cc1C. The van der Waals surface area contributed by atoms with E-state index in [4.69, 9.17) is 0 Å². The highest BCUT2D eigenvalue weighted by Gasteiger charge is 2.04. The second kappa shape index (κ2) is 5.68. The zero-order valence-electron chi connectivity index (χ0n) is 11.6. The first-order valence-corrected chi connectivity index (χ1v) is 7.32. The molecule has 1 aromatic carbocycles. The Morgan fingerprint density at radius 3 is 2.56 bits per heavy atom. The highest BCUT2D eigenvalue weighted by molar-refractivity contribution is 7.13. The third kappa shape index (κ3) is 3.21. The van der Waals surface area contributed by atoms with Gasteiger partial charge in [0.2, 0.25) is 0 Å². The average Bonchev–Trinajstić information content (AvgIpc) is 2.79. The molecule has 0 atom stereocenters. The van der Waals surface area contributed by atoms with Crippen LogP contribution in [0.15, 0.2) is 29.6 Å². The molecular weight excluding hydrogens is 238 g/mol. The molecule has 0 spiro atoms. The van der Waals surface area contributed by atoms with Crippen molar-refractivity contribution in [1.82, 2.24) is 5.32 Å². The van der Waals surface area contributed by atoms with Crippen LogP contribution in [0.1, 0.15) is 30.5 Å². The van der Waals surface area contributed by atoms with Crippen molar-refractivity contribution in [3.05, 3.63) is 46.3 Å². The van der Waals surface area contributed by atoms with E-state index in [-0.39, 0.29) is 0 Å². The summed E-state index contributed by atoms with van der Waals surface area (Å²) in [6.45, 7) is 9.64. The van der Waals surface area contributed by atoms with E-state index >= 15 is 0 Å². The summed E-state index contributed by atoms with van der Waals surface area (Å²) in [5.74, 6) is 0.